The molecule has 0 aliphatic carbocycles. The number of benzene rings is 2. The van der Waals surface area contributed by atoms with E-state index in [4.69, 9.17) is 27.9 Å². The van der Waals surface area contributed by atoms with E-state index < -0.39 is 47.4 Å². The molecule has 9 nitrogen and oxygen atoms in total. The van der Waals surface area contributed by atoms with E-state index in [1.54, 1.807) is 48.5 Å². The molecule has 1 heterocycles. The van der Waals surface area contributed by atoms with Gasteiger partial charge in [-0.3, -0.25) is 24.1 Å². The van der Waals surface area contributed by atoms with Gasteiger partial charge in [-0.25, -0.2) is 0 Å². The number of nitrogens with zero attached hydrogens (tertiary/aromatic N) is 1. The summed E-state index contributed by atoms with van der Waals surface area (Å²) in [6, 6.07) is 9.78. The van der Waals surface area contributed by atoms with Crippen LogP contribution in [0.15, 0.2) is 54.6 Å². The zero-order chi connectivity index (χ0) is 31.6. The number of rotatable bonds is 13. The molecule has 0 saturated carbocycles. The maximum atomic E-state index is 15.0. The van der Waals surface area contributed by atoms with Gasteiger partial charge in [0.05, 0.1) is 29.3 Å². The molecule has 2 aromatic carbocycles. The van der Waals surface area contributed by atoms with Gasteiger partial charge in [-0.15, -0.1) is 0 Å². The van der Waals surface area contributed by atoms with E-state index in [2.05, 4.69) is 16.0 Å². The Morgan fingerprint density at radius 1 is 1.00 bits per heavy atom. The van der Waals surface area contributed by atoms with Crippen LogP contribution in [-0.4, -0.2) is 79.8 Å². The lowest BCUT2D eigenvalue weighted by Gasteiger charge is -2.28. The monoisotopic (exact) mass is 638 g/mol. The molecule has 2 unspecified atom stereocenters. The number of halogens is 4. The Morgan fingerprint density at radius 2 is 1.67 bits per heavy atom. The smallest absolute Gasteiger partial charge is 0.379 e. The molecule has 1 aliphatic rings. The molecule has 1 aliphatic heterocycles. The molecule has 3 N–H and O–H groups in total. The molecular formula is C30H34Cl2F2N4O5. The highest BCUT2D eigenvalue weighted by Gasteiger charge is 2.51. The normalized spacial score (nSPS) is 15.6. The van der Waals surface area contributed by atoms with Crippen molar-refractivity contribution in [3.05, 3.63) is 75.8 Å². The predicted molar refractivity (Wildman–Crippen MR) is 160 cm³/mol. The van der Waals surface area contributed by atoms with Crippen LogP contribution in [0.25, 0.3) is 6.08 Å². The fraction of sp³-hybridized carbons (Fsp3) is 0.400. The summed E-state index contributed by atoms with van der Waals surface area (Å²) in [5, 5.41) is 7.63. The average molecular weight is 640 g/mol. The minimum Gasteiger partial charge on any atom is -0.379 e. The van der Waals surface area contributed by atoms with Gasteiger partial charge in [-0.1, -0.05) is 73.4 Å². The first-order valence-corrected chi connectivity index (χ1v) is 14.4. The number of ketones is 1. The fourth-order valence-corrected chi connectivity index (χ4v) is 4.57. The zero-order valence-corrected chi connectivity index (χ0v) is 25.3. The molecule has 3 amide bonds. The van der Waals surface area contributed by atoms with Crippen LogP contribution in [-0.2, 0) is 23.9 Å². The van der Waals surface area contributed by atoms with Crippen LogP contribution in [0.1, 0.15) is 31.0 Å². The van der Waals surface area contributed by atoms with Gasteiger partial charge in [0.25, 0.3) is 5.91 Å². The fourth-order valence-electron chi connectivity index (χ4n) is 4.27. The van der Waals surface area contributed by atoms with Gasteiger partial charge in [-0.2, -0.15) is 8.78 Å². The Bertz CT molecular complexity index is 1320. The molecule has 2 atom stereocenters. The molecular weight excluding hydrogens is 605 g/mol. The van der Waals surface area contributed by atoms with Gasteiger partial charge in [0.1, 0.15) is 6.04 Å². The van der Waals surface area contributed by atoms with E-state index in [1.165, 1.54) is 26.0 Å². The molecule has 13 heteroatoms. The summed E-state index contributed by atoms with van der Waals surface area (Å²) in [5.74, 6) is -10.3. The SMILES string of the molecule is CC(C)C(NC(=O)C(NC(=O)/C=C/c1ccc(Cl)c(Cl)c1)c1ccccc1)C(=O)C(F)(F)C(=O)NCCN1CCOCC1. The molecule has 0 bridgehead atoms. The van der Waals surface area contributed by atoms with Crippen molar-refractivity contribution < 1.29 is 32.7 Å². The molecule has 232 valence electrons. The van der Waals surface area contributed by atoms with Crippen LogP contribution < -0.4 is 16.0 Å². The second kappa shape index (κ2) is 15.9. The number of morpholine rings is 1. The maximum absolute atomic E-state index is 15.0. The van der Waals surface area contributed by atoms with Gasteiger partial charge in [0.15, 0.2) is 0 Å². The lowest BCUT2D eigenvalue weighted by Crippen LogP contribution is -2.58. The summed E-state index contributed by atoms with van der Waals surface area (Å²) in [6.45, 7) is 5.40. The van der Waals surface area contributed by atoms with Crippen LogP contribution in [0.5, 0.6) is 0 Å². The second-order valence-electron chi connectivity index (χ2n) is 10.2. The van der Waals surface area contributed by atoms with Gasteiger partial charge in [0, 0.05) is 32.3 Å². The van der Waals surface area contributed by atoms with Crippen molar-refractivity contribution in [2.24, 2.45) is 5.92 Å². The summed E-state index contributed by atoms with van der Waals surface area (Å²) in [7, 11) is 0. The molecule has 1 fully saturated rings. The predicted octanol–water partition coefficient (Wildman–Crippen LogP) is 3.66. The van der Waals surface area contributed by atoms with E-state index >= 15 is 8.78 Å². The quantitative estimate of drug-likeness (QED) is 0.228. The first-order valence-electron chi connectivity index (χ1n) is 13.7. The minimum absolute atomic E-state index is 0.0851. The number of hydrogen-bond donors (Lipinski definition) is 3. The number of Topliss-reactive ketones (excluding diaryl/α,β-unsaturated/α-hetero) is 1. The Kier molecular flexibility index (Phi) is 12.6. The van der Waals surface area contributed by atoms with E-state index in [0.717, 1.165) is 0 Å². The van der Waals surface area contributed by atoms with Crippen molar-refractivity contribution in [2.45, 2.75) is 31.9 Å². The van der Waals surface area contributed by atoms with Gasteiger partial charge < -0.3 is 20.7 Å². The number of carbonyl (C=O) groups excluding carboxylic acids is 4. The lowest BCUT2D eigenvalue weighted by atomic mass is 9.94. The van der Waals surface area contributed by atoms with E-state index in [-0.39, 0.29) is 11.6 Å². The van der Waals surface area contributed by atoms with Crippen molar-refractivity contribution >= 4 is 52.8 Å². The van der Waals surface area contributed by atoms with Gasteiger partial charge in [0.2, 0.25) is 17.6 Å². The van der Waals surface area contributed by atoms with E-state index in [1.807, 2.05) is 4.90 Å². The van der Waals surface area contributed by atoms with Gasteiger partial charge in [-0.05, 0) is 35.3 Å². The second-order valence-corrected chi connectivity index (χ2v) is 11.1. The lowest BCUT2D eigenvalue weighted by molar-refractivity contribution is -0.161. The van der Waals surface area contributed by atoms with Crippen LogP contribution in [0, 0.1) is 5.92 Å². The van der Waals surface area contributed by atoms with Crippen LogP contribution in [0.3, 0.4) is 0 Å². The Morgan fingerprint density at radius 3 is 2.30 bits per heavy atom. The third-order valence-corrected chi connectivity index (χ3v) is 7.45. The van der Waals surface area contributed by atoms with Crippen LogP contribution in [0.2, 0.25) is 10.0 Å². The summed E-state index contributed by atoms with van der Waals surface area (Å²) in [4.78, 5) is 53.5. The first kappa shape index (κ1) is 34.1. The van der Waals surface area contributed by atoms with Crippen molar-refractivity contribution in [1.29, 1.82) is 0 Å². The van der Waals surface area contributed by atoms with E-state index in [0.29, 0.717) is 49.0 Å². The Labute approximate surface area is 258 Å². The molecule has 0 spiro atoms. The number of hydrogen-bond acceptors (Lipinski definition) is 6. The number of amides is 3. The Balaban J connectivity index is 1.71. The molecule has 3 rings (SSSR count). The molecule has 0 aromatic heterocycles. The summed E-state index contributed by atoms with van der Waals surface area (Å²) in [5.41, 5.74) is 0.917. The third kappa shape index (κ3) is 9.82. The van der Waals surface area contributed by atoms with Crippen molar-refractivity contribution in [3.8, 4) is 0 Å². The van der Waals surface area contributed by atoms with Crippen molar-refractivity contribution in [3.63, 3.8) is 0 Å². The molecule has 1 saturated heterocycles. The number of nitrogens with one attached hydrogen (secondary N) is 3. The number of alkyl halides is 2. The standard InChI is InChI=1S/C30H34Cl2F2N4O5/c1-19(2)25(27(40)30(33,34)29(42)35-12-13-38-14-16-43-17-15-38)37-28(41)26(21-6-4-3-5-7-21)36-24(39)11-9-20-8-10-22(31)23(32)18-20/h3-11,18-19,25-26H,12-17H2,1-2H3,(H,35,42)(H,36,39)(H,37,41)/b11-9+. The maximum Gasteiger partial charge on any atom is 0.383 e. The number of ether oxygens (including phenoxy) is 1. The zero-order valence-electron chi connectivity index (χ0n) is 23.7. The molecule has 43 heavy (non-hydrogen) atoms. The summed E-state index contributed by atoms with van der Waals surface area (Å²) in [6.07, 6.45) is 2.62. The molecule has 2 aromatic rings. The van der Waals surface area contributed by atoms with Crippen molar-refractivity contribution in [1.82, 2.24) is 20.9 Å². The molecule has 0 radical (unpaired) electrons. The summed E-state index contributed by atoms with van der Waals surface area (Å²) >= 11 is 11.9. The average Bonchev–Trinajstić information content (AvgIpc) is 2.99. The highest BCUT2D eigenvalue weighted by atomic mass is 35.5. The minimum atomic E-state index is -4.40. The third-order valence-electron chi connectivity index (χ3n) is 6.71. The highest BCUT2D eigenvalue weighted by Crippen LogP contribution is 2.24. The van der Waals surface area contributed by atoms with Gasteiger partial charge >= 0.3 is 5.92 Å². The van der Waals surface area contributed by atoms with Crippen LogP contribution >= 0.6 is 23.2 Å². The van der Waals surface area contributed by atoms with E-state index in [9.17, 15) is 19.2 Å². The largest absolute Gasteiger partial charge is 0.383 e. The first-order chi connectivity index (χ1) is 20.4. The van der Waals surface area contributed by atoms with Crippen molar-refractivity contribution in [2.75, 3.05) is 39.4 Å². The topological polar surface area (TPSA) is 117 Å². The summed E-state index contributed by atoms with van der Waals surface area (Å²) < 4.78 is 35.3. The highest BCUT2D eigenvalue weighted by molar-refractivity contribution is 6.42. The van der Waals surface area contributed by atoms with Crippen LogP contribution in [0.4, 0.5) is 8.78 Å². The number of carbonyl (C=O) groups is 4. The Hall–Kier alpha value is -3.38.